The van der Waals surface area contributed by atoms with Gasteiger partial charge in [0.25, 0.3) is 0 Å². The SMILES string of the molecule is Brc1ccc(-c2nnc3c4ccccc4c4cc(-c5ccc6ccccc6c5)ccc4n23)cc1.Brc1ccc(-c2nnc3c4ccccc4c4cc(-c5cccc(-c6ccccc6)c5)ccc4n23)cc1.Brc1ccc(-c2nnc3c4ccccc4c4cc(-c5cccc6ccccc56)ccc4n23)cc1.Brc1ccc(-c2nnc3c4ccccc4c4cc(-c5ccccc5-c5ccccc5)ccc4n23)cc1. The maximum Gasteiger partial charge on any atom is 0.169 e. The molecule has 0 aliphatic heterocycles. The van der Waals surface area contributed by atoms with Gasteiger partial charge in [-0.2, -0.15) is 0 Å². The van der Waals surface area contributed by atoms with Gasteiger partial charge >= 0.3 is 0 Å². The van der Waals surface area contributed by atoms with Crippen molar-refractivity contribution in [3.05, 3.63) is 479 Å². The molecule has 16 heteroatoms. The first-order valence-corrected chi connectivity index (χ1v) is 49.4. The van der Waals surface area contributed by atoms with Crippen LogP contribution in [-0.4, -0.2) is 58.4 Å². The highest BCUT2D eigenvalue weighted by atomic mass is 79.9. The molecule has 0 radical (unpaired) electrons. The summed E-state index contributed by atoms with van der Waals surface area (Å²) in [5, 5.41) is 55.8. The third kappa shape index (κ3) is 15.5. The van der Waals surface area contributed by atoms with Crippen molar-refractivity contribution in [2.24, 2.45) is 0 Å². The molecule has 0 aliphatic carbocycles. The molecule has 0 saturated carbocycles. The summed E-state index contributed by atoms with van der Waals surface area (Å²) in [5.74, 6) is 3.37. The molecule has 28 rings (SSSR count). The molecule has 0 unspecified atom stereocenters. The van der Waals surface area contributed by atoms with E-state index in [4.69, 9.17) is 0 Å². The zero-order valence-corrected chi connectivity index (χ0v) is 81.1. The Bertz CT molecular complexity index is 9740. The van der Waals surface area contributed by atoms with E-state index >= 15 is 0 Å². The fourth-order valence-corrected chi connectivity index (χ4v) is 21.0. The highest BCUT2D eigenvalue weighted by Gasteiger charge is 2.24. The maximum atomic E-state index is 4.63. The molecule has 0 saturated heterocycles. The van der Waals surface area contributed by atoms with Gasteiger partial charge in [0.1, 0.15) is 0 Å². The maximum absolute atomic E-state index is 4.63. The van der Waals surface area contributed by atoms with Gasteiger partial charge in [-0.05, 0) is 219 Å². The van der Waals surface area contributed by atoms with E-state index in [2.05, 4.69) is 535 Å². The van der Waals surface area contributed by atoms with Crippen molar-refractivity contribution in [1.82, 2.24) is 58.4 Å². The smallest absolute Gasteiger partial charge is 0.169 e. The summed E-state index contributed by atoms with van der Waals surface area (Å²) in [6, 6.07) is 162. The lowest BCUT2D eigenvalue weighted by molar-refractivity contribution is 1.12. The first-order chi connectivity index (χ1) is 69.1. The molecule has 28 aromatic rings. The average molecular weight is 2050 g/mol. The summed E-state index contributed by atoms with van der Waals surface area (Å²) in [4.78, 5) is 0. The van der Waals surface area contributed by atoms with Gasteiger partial charge in [-0.25, -0.2) is 0 Å². The topological polar surface area (TPSA) is 121 Å². The predicted molar refractivity (Wildman–Crippen MR) is 592 cm³/mol. The van der Waals surface area contributed by atoms with Crippen molar-refractivity contribution < 1.29 is 0 Å². The van der Waals surface area contributed by atoms with Gasteiger partial charge in [-0.3, -0.25) is 17.6 Å². The van der Waals surface area contributed by atoms with Gasteiger partial charge in [0.2, 0.25) is 0 Å². The average Bonchev–Trinajstić information content (AvgIpc) is 1.54. The summed E-state index contributed by atoms with van der Waals surface area (Å²) in [5.41, 5.74) is 26.5. The number of nitrogens with zero attached hydrogens (tertiary/aromatic N) is 12. The Morgan fingerprint density at radius 1 is 0.136 bits per heavy atom. The Kier molecular flexibility index (Phi) is 22.0. The molecule has 0 N–H and O–H groups in total. The molecular weight excluding hydrogens is 1980 g/mol. The molecule has 0 bridgehead atoms. The van der Waals surface area contributed by atoms with E-state index in [-0.39, 0.29) is 0 Å². The number of aromatic nitrogens is 12. The molecule has 20 aromatic carbocycles. The van der Waals surface area contributed by atoms with Crippen LogP contribution < -0.4 is 0 Å². The van der Waals surface area contributed by atoms with Crippen LogP contribution in [0.4, 0.5) is 0 Å². The van der Waals surface area contributed by atoms with Crippen molar-refractivity contribution in [3.63, 3.8) is 0 Å². The minimum Gasteiger partial charge on any atom is -0.274 e. The van der Waals surface area contributed by atoms with Crippen LogP contribution in [0.1, 0.15) is 0 Å². The van der Waals surface area contributed by atoms with Crippen molar-refractivity contribution in [2.75, 3.05) is 0 Å². The minimum atomic E-state index is 0.839. The number of rotatable bonds is 10. The highest BCUT2D eigenvalue weighted by Crippen LogP contribution is 2.44. The van der Waals surface area contributed by atoms with Crippen LogP contribution in [0.3, 0.4) is 0 Å². The lowest BCUT2D eigenvalue weighted by atomic mass is 9.93. The first-order valence-electron chi connectivity index (χ1n) is 46.2. The summed E-state index contributed by atoms with van der Waals surface area (Å²) in [6.07, 6.45) is 0. The van der Waals surface area contributed by atoms with Crippen LogP contribution in [0, 0.1) is 0 Å². The van der Waals surface area contributed by atoms with Crippen LogP contribution in [0.5, 0.6) is 0 Å². The zero-order valence-electron chi connectivity index (χ0n) is 74.8. The molecule has 0 atom stereocenters. The normalized spacial score (nSPS) is 11.6. The molecule has 8 aromatic heterocycles. The Balaban J connectivity index is 0.0000000986. The van der Waals surface area contributed by atoms with E-state index in [1.165, 1.54) is 131 Å². The highest BCUT2D eigenvalue weighted by molar-refractivity contribution is 9.11. The van der Waals surface area contributed by atoms with Crippen molar-refractivity contribution in [2.45, 2.75) is 0 Å². The van der Waals surface area contributed by atoms with Crippen LogP contribution >= 0.6 is 63.7 Å². The number of halogens is 4. The van der Waals surface area contributed by atoms with E-state index in [0.29, 0.717) is 0 Å². The number of pyridine rings is 4. The minimum absolute atomic E-state index is 0.839. The van der Waals surface area contributed by atoms with E-state index < -0.39 is 0 Å². The number of fused-ring (bicyclic) bond motifs is 26. The molecule has 0 aliphatic rings. The molecule has 12 nitrogen and oxygen atoms in total. The van der Waals surface area contributed by atoms with E-state index in [1.807, 2.05) is 48.5 Å². The summed E-state index contributed by atoms with van der Waals surface area (Å²) in [6.45, 7) is 0. The molecule has 0 amide bonds. The summed E-state index contributed by atoms with van der Waals surface area (Å²) in [7, 11) is 0. The standard InChI is InChI=1S/2C32H20BrN3.2C30H18BrN3/c33-24-17-14-22(15-18-24)31-34-35-32-28-13-7-6-12-27(28)29-20-23(16-19-30(29)36(31)32)26-11-5-4-10-25(26)21-8-2-1-3-9-21;33-26-16-13-22(14-17-26)31-34-35-32-28-12-5-4-11-27(28)29-20-25(15-18-30(29)36(31)32)24-10-6-9-23(19-24)21-7-2-1-3-8-21;31-22-15-12-20(13-16-22)29-32-33-30-26-10-4-3-9-25(26)27-18-21(14-17-28(27)34(29)30)24-11-5-7-19-6-1-2-8-23(19)24;31-24-14-11-20(12-15-24)29-32-33-30-26-8-4-3-7-25(26)27-18-23(13-16-28(27)34(29)30)22-10-9-19-5-1-2-6-21(19)17-22/h2*1-20H;2*1-18H. The van der Waals surface area contributed by atoms with Gasteiger partial charge in [0, 0.05) is 83.2 Å². The molecule has 0 fully saturated rings. The first kappa shape index (κ1) is 85.1. The molecule has 0 spiro atoms. The third-order valence-electron chi connectivity index (χ3n) is 26.7. The molecule has 8 heterocycles. The Morgan fingerprint density at radius 3 is 0.786 bits per heavy atom. The largest absolute Gasteiger partial charge is 0.274 e. The quantitative estimate of drug-likeness (QED) is 0.124. The van der Waals surface area contributed by atoms with Crippen molar-refractivity contribution >= 4 is 195 Å². The summed E-state index contributed by atoms with van der Waals surface area (Å²) < 4.78 is 12.9. The molecule has 140 heavy (non-hydrogen) atoms. The fourth-order valence-electron chi connectivity index (χ4n) is 20.0. The zero-order chi connectivity index (χ0) is 93.4. The second-order valence-electron chi connectivity index (χ2n) is 34.8. The van der Waals surface area contributed by atoms with Crippen LogP contribution in [-0.2, 0) is 0 Å². The monoisotopic (exact) mass is 2050 g/mol. The van der Waals surface area contributed by atoms with E-state index in [1.54, 1.807) is 0 Å². The molecular formula is C124H76Br4N12. The second kappa shape index (κ2) is 36.1. The summed E-state index contributed by atoms with van der Waals surface area (Å²) >= 11 is 14.1. The Labute approximate surface area is 837 Å². The van der Waals surface area contributed by atoms with Crippen LogP contribution in [0.15, 0.2) is 479 Å². The van der Waals surface area contributed by atoms with E-state index in [0.717, 1.165) is 130 Å². The van der Waals surface area contributed by atoms with Crippen LogP contribution in [0.2, 0.25) is 0 Å². The Hall–Kier alpha value is -16.6. The lowest BCUT2D eigenvalue weighted by Crippen LogP contribution is -1.95. The molecule has 660 valence electrons. The van der Waals surface area contributed by atoms with Gasteiger partial charge in [0.15, 0.2) is 45.9 Å². The van der Waals surface area contributed by atoms with Gasteiger partial charge in [-0.1, -0.05) is 416 Å². The van der Waals surface area contributed by atoms with Crippen molar-refractivity contribution in [3.8, 4) is 112 Å². The predicted octanol–water partition coefficient (Wildman–Crippen LogP) is 34.2. The van der Waals surface area contributed by atoms with Crippen LogP contribution in [0.25, 0.3) is 243 Å². The second-order valence-corrected chi connectivity index (χ2v) is 38.5. The van der Waals surface area contributed by atoms with E-state index in [9.17, 15) is 0 Å². The third-order valence-corrected chi connectivity index (χ3v) is 28.8. The van der Waals surface area contributed by atoms with Crippen molar-refractivity contribution in [1.29, 1.82) is 0 Å². The van der Waals surface area contributed by atoms with Gasteiger partial charge in [0.05, 0.1) is 22.1 Å². The Morgan fingerprint density at radius 2 is 0.386 bits per heavy atom. The lowest BCUT2D eigenvalue weighted by Gasteiger charge is -2.14. The number of hydrogen-bond donors (Lipinski definition) is 0. The fraction of sp³-hybridized carbons (Fsp3) is 0. The van der Waals surface area contributed by atoms with Gasteiger partial charge < -0.3 is 0 Å². The number of benzene rings is 20. The number of hydrogen-bond acceptors (Lipinski definition) is 8. The van der Waals surface area contributed by atoms with Gasteiger partial charge in [-0.15, -0.1) is 40.8 Å².